The predicted molar refractivity (Wildman–Crippen MR) is 126 cm³/mol. The lowest BCUT2D eigenvalue weighted by atomic mass is 10.1. The first-order valence-corrected chi connectivity index (χ1v) is 12.0. The molecule has 156 valence electrons. The molecular weight excluding hydrogens is 391 g/mol. The van der Waals surface area contributed by atoms with Crippen molar-refractivity contribution in [3.05, 3.63) is 102 Å². The van der Waals surface area contributed by atoms with Crippen LogP contribution in [0, 0.1) is 0 Å². The quantitative estimate of drug-likeness (QED) is 0.388. The van der Waals surface area contributed by atoms with E-state index in [1.165, 1.54) is 5.57 Å². The van der Waals surface area contributed by atoms with E-state index in [2.05, 4.69) is 0 Å². The molecule has 3 nitrogen and oxygen atoms in total. The van der Waals surface area contributed by atoms with Crippen LogP contribution in [0.5, 0.6) is 5.75 Å². The van der Waals surface area contributed by atoms with Gasteiger partial charge in [-0.25, -0.2) is 0 Å². The van der Waals surface area contributed by atoms with E-state index in [9.17, 15) is 9.67 Å². The average molecular weight is 420 g/mol. The van der Waals surface area contributed by atoms with Crippen molar-refractivity contribution in [1.82, 2.24) is 0 Å². The van der Waals surface area contributed by atoms with Crippen LogP contribution in [0.2, 0.25) is 0 Å². The number of allylic oxidation sites excluding steroid dienone is 1. The van der Waals surface area contributed by atoms with E-state index >= 15 is 0 Å². The Labute approximate surface area is 179 Å². The zero-order chi connectivity index (χ0) is 21.6. The summed E-state index contributed by atoms with van der Waals surface area (Å²) >= 11 is 0. The Morgan fingerprint density at radius 3 is 1.87 bits per heavy atom. The van der Waals surface area contributed by atoms with Crippen molar-refractivity contribution in [1.29, 1.82) is 0 Å². The minimum Gasteiger partial charge on any atom is -0.490 e. The van der Waals surface area contributed by atoms with Crippen LogP contribution in [0.15, 0.2) is 96.6 Å². The van der Waals surface area contributed by atoms with Gasteiger partial charge in [0.25, 0.3) is 0 Å². The van der Waals surface area contributed by atoms with Gasteiger partial charge < -0.3 is 14.4 Å². The van der Waals surface area contributed by atoms with Crippen LogP contribution >= 0.6 is 7.14 Å². The summed E-state index contributed by atoms with van der Waals surface area (Å²) < 4.78 is 20.1. The topological polar surface area (TPSA) is 46.5 Å². The van der Waals surface area contributed by atoms with Gasteiger partial charge in [0.05, 0.1) is 6.10 Å². The molecule has 0 amide bonds. The Morgan fingerprint density at radius 2 is 1.40 bits per heavy atom. The predicted octanol–water partition coefficient (Wildman–Crippen LogP) is 5.47. The largest absolute Gasteiger partial charge is 0.490 e. The molecule has 0 fully saturated rings. The highest BCUT2D eigenvalue weighted by Crippen LogP contribution is 2.52. The summed E-state index contributed by atoms with van der Waals surface area (Å²) in [6.45, 7) is 6.44. The van der Waals surface area contributed by atoms with Crippen molar-refractivity contribution in [3.63, 3.8) is 0 Å². The minimum absolute atomic E-state index is 0.486. The highest BCUT2D eigenvalue weighted by atomic mass is 31.2. The molecule has 3 rings (SSSR count). The highest BCUT2D eigenvalue weighted by Gasteiger charge is 2.38. The number of hydrogen-bond acceptors (Lipinski definition) is 3. The first-order valence-electron chi connectivity index (χ1n) is 10.2. The Kier molecular flexibility index (Phi) is 7.31. The molecule has 0 heterocycles. The number of benzene rings is 3. The number of aliphatic hydroxyl groups excluding tert-OH is 1. The van der Waals surface area contributed by atoms with E-state index in [-0.39, 0.29) is 0 Å². The molecule has 0 aliphatic heterocycles. The molecule has 0 aliphatic rings. The molecule has 30 heavy (non-hydrogen) atoms. The second-order valence-corrected chi connectivity index (χ2v) is 10.8. The summed E-state index contributed by atoms with van der Waals surface area (Å²) in [5.41, 5.74) is 1.44. The number of aliphatic hydroxyl groups is 1. The van der Waals surface area contributed by atoms with Crippen LogP contribution < -0.4 is 15.3 Å². The number of ether oxygens (including phenoxy) is 1. The highest BCUT2D eigenvalue weighted by molar-refractivity contribution is 7.79. The van der Waals surface area contributed by atoms with Gasteiger partial charge in [-0.05, 0) is 37.6 Å². The third-order valence-corrected chi connectivity index (χ3v) is 8.83. The van der Waals surface area contributed by atoms with Gasteiger partial charge in [-0.1, -0.05) is 85.3 Å². The maximum atomic E-state index is 14.4. The van der Waals surface area contributed by atoms with Crippen LogP contribution in [-0.2, 0) is 4.57 Å². The van der Waals surface area contributed by atoms with E-state index in [4.69, 9.17) is 4.74 Å². The van der Waals surface area contributed by atoms with E-state index in [0.29, 0.717) is 6.61 Å². The summed E-state index contributed by atoms with van der Waals surface area (Å²) in [5, 5.41) is 12.7. The van der Waals surface area contributed by atoms with Crippen molar-refractivity contribution in [2.75, 3.05) is 6.61 Å². The lowest BCUT2D eigenvalue weighted by molar-refractivity contribution is 0.176. The maximum absolute atomic E-state index is 14.4. The standard InChI is InChI=1S/C26H29O3P/c1-20(2)18-19-29-23-16-14-22(15-17-23)26(27)21(3)30(28,24-10-6-4-7-11-24)25-12-8-5-9-13-25/h4-18,21,26-27H,19H2,1-3H3/t21-,26+/m0/s1. The Bertz CT molecular complexity index is 964. The summed E-state index contributed by atoms with van der Waals surface area (Å²) in [7, 11) is -3.07. The fourth-order valence-corrected chi connectivity index (χ4v) is 6.50. The monoisotopic (exact) mass is 420 g/mol. The molecule has 0 saturated heterocycles. The van der Waals surface area contributed by atoms with Crippen LogP contribution in [-0.4, -0.2) is 17.4 Å². The van der Waals surface area contributed by atoms with E-state index in [1.54, 1.807) is 0 Å². The van der Waals surface area contributed by atoms with E-state index in [1.807, 2.05) is 112 Å². The van der Waals surface area contributed by atoms with Crippen molar-refractivity contribution in [3.8, 4) is 5.75 Å². The summed E-state index contributed by atoms with van der Waals surface area (Å²) in [6, 6.07) is 26.3. The van der Waals surface area contributed by atoms with Crippen LogP contribution in [0.3, 0.4) is 0 Å². The second kappa shape index (κ2) is 9.93. The third kappa shape index (κ3) is 4.92. The molecule has 4 heteroatoms. The molecule has 0 aliphatic carbocycles. The maximum Gasteiger partial charge on any atom is 0.148 e. The van der Waals surface area contributed by atoms with Crippen molar-refractivity contribution < 1.29 is 14.4 Å². The summed E-state index contributed by atoms with van der Waals surface area (Å²) in [5.74, 6) is 0.741. The molecule has 0 aromatic heterocycles. The van der Waals surface area contributed by atoms with Gasteiger partial charge in [-0.15, -0.1) is 0 Å². The van der Waals surface area contributed by atoms with Crippen molar-refractivity contribution >= 4 is 17.8 Å². The molecule has 0 bridgehead atoms. The molecule has 0 saturated carbocycles. The zero-order valence-corrected chi connectivity index (χ0v) is 18.6. The Morgan fingerprint density at radius 1 is 0.900 bits per heavy atom. The molecule has 2 atom stereocenters. The Balaban J connectivity index is 1.89. The SMILES string of the molecule is CC(C)=CCOc1ccc([C@H](O)[C@H](C)P(=O)(c2ccccc2)c2ccccc2)cc1. The van der Waals surface area contributed by atoms with Crippen LogP contribution in [0.25, 0.3) is 0 Å². The first kappa shape index (κ1) is 22.1. The number of rotatable bonds is 8. The third-order valence-electron chi connectivity index (χ3n) is 5.27. The second-order valence-electron chi connectivity index (χ2n) is 7.68. The van der Waals surface area contributed by atoms with E-state index < -0.39 is 18.9 Å². The molecular formula is C26H29O3P. The van der Waals surface area contributed by atoms with Crippen LogP contribution in [0.1, 0.15) is 32.4 Å². The molecule has 0 radical (unpaired) electrons. The smallest absolute Gasteiger partial charge is 0.148 e. The van der Waals surface area contributed by atoms with Gasteiger partial charge in [0, 0.05) is 16.3 Å². The normalized spacial score (nSPS) is 13.3. The fourth-order valence-electron chi connectivity index (χ4n) is 3.46. The van der Waals surface area contributed by atoms with Gasteiger partial charge >= 0.3 is 0 Å². The molecule has 1 N–H and O–H groups in total. The first-order chi connectivity index (χ1) is 14.4. The van der Waals surface area contributed by atoms with Gasteiger partial charge in [0.1, 0.15) is 19.5 Å². The average Bonchev–Trinajstić information content (AvgIpc) is 2.79. The molecule has 3 aromatic rings. The van der Waals surface area contributed by atoms with Crippen LogP contribution in [0.4, 0.5) is 0 Å². The molecule has 0 spiro atoms. The van der Waals surface area contributed by atoms with Gasteiger partial charge in [-0.3, -0.25) is 0 Å². The zero-order valence-electron chi connectivity index (χ0n) is 17.7. The number of hydrogen-bond donors (Lipinski definition) is 1. The van der Waals surface area contributed by atoms with Gasteiger partial charge in [0.2, 0.25) is 0 Å². The summed E-state index contributed by atoms with van der Waals surface area (Å²) in [4.78, 5) is 0. The van der Waals surface area contributed by atoms with Crippen molar-refractivity contribution in [2.45, 2.75) is 32.5 Å². The molecule has 0 unspecified atom stereocenters. The lowest BCUT2D eigenvalue weighted by Crippen LogP contribution is -2.28. The van der Waals surface area contributed by atoms with Crippen molar-refractivity contribution in [2.24, 2.45) is 0 Å². The van der Waals surface area contributed by atoms with Gasteiger partial charge in [0.15, 0.2) is 0 Å². The summed E-state index contributed by atoms with van der Waals surface area (Å²) in [6.07, 6.45) is 1.14. The molecule has 3 aromatic carbocycles. The van der Waals surface area contributed by atoms with E-state index in [0.717, 1.165) is 21.9 Å². The Hall–Kier alpha value is -2.61. The lowest BCUT2D eigenvalue weighted by Gasteiger charge is -2.30. The van der Waals surface area contributed by atoms with Gasteiger partial charge in [-0.2, -0.15) is 0 Å². The minimum atomic E-state index is -3.07. The fraction of sp³-hybridized carbons (Fsp3) is 0.231.